The van der Waals surface area contributed by atoms with Crippen molar-refractivity contribution < 1.29 is 38.9 Å². The number of hydrogen-bond acceptors (Lipinski definition) is 6. The van der Waals surface area contributed by atoms with Gasteiger partial charge in [-0.25, -0.2) is 0 Å². The number of carbonyl (C=O) groups excluding carboxylic acids is 2. The minimum Gasteiger partial charge on any atom is -0.481 e. The SMILES string of the molecule is CC(C)CC(CC(C)C)C(C)(OC(=O)CCC(=O)O)C1CCCC1.CC(C)CC(CC(C)C)CC(C)(OC(=O)CCC(=O)O)C1CCCC1. The molecule has 2 fully saturated rings. The van der Waals surface area contributed by atoms with Crippen LogP contribution in [0.3, 0.4) is 0 Å². The van der Waals surface area contributed by atoms with Crippen molar-refractivity contribution in [3.8, 4) is 0 Å². The second-order valence-corrected chi connectivity index (χ2v) is 17.5. The van der Waals surface area contributed by atoms with Gasteiger partial charge in [-0.2, -0.15) is 0 Å². The van der Waals surface area contributed by atoms with Crippen molar-refractivity contribution in [2.75, 3.05) is 0 Å². The number of carbonyl (C=O) groups is 4. The van der Waals surface area contributed by atoms with Crippen LogP contribution in [0, 0.1) is 47.3 Å². The molecule has 2 rings (SSSR count). The van der Waals surface area contributed by atoms with E-state index in [4.69, 9.17) is 19.7 Å². The maximum absolute atomic E-state index is 12.3. The average Bonchev–Trinajstić information content (AvgIpc) is 3.70. The number of ether oxygens (including phenoxy) is 2. The lowest BCUT2D eigenvalue weighted by atomic mass is 9.70. The van der Waals surface area contributed by atoms with E-state index in [-0.39, 0.29) is 37.6 Å². The number of aliphatic carboxylic acids is 2. The number of hydrogen-bond donors (Lipinski definition) is 2. The number of carboxylic acids is 2. The molecular formula is C41H74O8. The Kier molecular flexibility index (Phi) is 20.1. The lowest BCUT2D eigenvalue weighted by Gasteiger charge is -2.43. The molecule has 0 radical (unpaired) electrons. The van der Waals surface area contributed by atoms with Crippen molar-refractivity contribution in [1.82, 2.24) is 0 Å². The zero-order chi connectivity index (χ0) is 37.4. The van der Waals surface area contributed by atoms with Gasteiger partial charge in [-0.15, -0.1) is 0 Å². The lowest BCUT2D eigenvalue weighted by Crippen LogP contribution is -2.46. The van der Waals surface area contributed by atoms with Crippen LogP contribution in [0.2, 0.25) is 0 Å². The van der Waals surface area contributed by atoms with E-state index < -0.39 is 23.1 Å². The zero-order valence-electron chi connectivity index (χ0n) is 33.0. The van der Waals surface area contributed by atoms with Gasteiger partial charge in [0.15, 0.2) is 0 Å². The van der Waals surface area contributed by atoms with Crippen molar-refractivity contribution in [2.45, 2.75) is 190 Å². The molecule has 0 aromatic heterocycles. The van der Waals surface area contributed by atoms with Gasteiger partial charge in [0, 0.05) is 0 Å². The smallest absolute Gasteiger partial charge is 0.306 e. The molecule has 2 aliphatic rings. The summed E-state index contributed by atoms with van der Waals surface area (Å²) in [5, 5.41) is 17.6. The van der Waals surface area contributed by atoms with Gasteiger partial charge in [0.05, 0.1) is 25.7 Å². The first-order valence-electron chi connectivity index (χ1n) is 19.6. The molecule has 49 heavy (non-hydrogen) atoms. The lowest BCUT2D eigenvalue weighted by molar-refractivity contribution is -0.175. The van der Waals surface area contributed by atoms with Gasteiger partial charge in [-0.05, 0) is 119 Å². The van der Waals surface area contributed by atoms with Crippen LogP contribution in [0.4, 0.5) is 0 Å². The molecule has 0 saturated heterocycles. The molecule has 286 valence electrons. The first-order valence-corrected chi connectivity index (χ1v) is 19.6. The quantitative estimate of drug-likeness (QED) is 0.114. The molecule has 0 heterocycles. The predicted octanol–water partition coefficient (Wildman–Crippen LogP) is 10.5. The summed E-state index contributed by atoms with van der Waals surface area (Å²) in [6.07, 6.45) is 14.1. The van der Waals surface area contributed by atoms with E-state index in [2.05, 4.69) is 69.2 Å². The van der Waals surface area contributed by atoms with E-state index in [0.717, 1.165) is 57.8 Å². The Bertz CT molecular complexity index is 971. The van der Waals surface area contributed by atoms with Crippen LogP contribution >= 0.6 is 0 Å². The van der Waals surface area contributed by atoms with E-state index in [1.54, 1.807) is 0 Å². The molecule has 2 saturated carbocycles. The molecule has 2 aliphatic carbocycles. The summed E-state index contributed by atoms with van der Waals surface area (Å²) in [5.74, 6) is 1.41. The van der Waals surface area contributed by atoms with Gasteiger partial charge in [-0.3, -0.25) is 19.2 Å². The van der Waals surface area contributed by atoms with E-state index in [1.165, 1.54) is 25.7 Å². The Morgan fingerprint density at radius 1 is 0.571 bits per heavy atom. The largest absolute Gasteiger partial charge is 0.481 e. The molecule has 0 amide bonds. The summed E-state index contributed by atoms with van der Waals surface area (Å²) < 4.78 is 12.0. The average molecular weight is 695 g/mol. The molecular weight excluding hydrogens is 620 g/mol. The van der Waals surface area contributed by atoms with E-state index >= 15 is 0 Å². The normalized spacial score (nSPS) is 18.2. The molecule has 2 atom stereocenters. The molecule has 8 heteroatoms. The number of rotatable bonds is 21. The first-order chi connectivity index (χ1) is 22.8. The summed E-state index contributed by atoms with van der Waals surface area (Å²) in [5.41, 5.74) is -0.929. The first kappa shape index (κ1) is 44.9. The molecule has 2 unspecified atom stereocenters. The second kappa shape index (κ2) is 22.0. The maximum Gasteiger partial charge on any atom is 0.306 e. The van der Waals surface area contributed by atoms with Crippen LogP contribution in [0.1, 0.15) is 178 Å². The van der Waals surface area contributed by atoms with Crippen LogP contribution in [0.5, 0.6) is 0 Å². The highest BCUT2D eigenvalue weighted by Crippen LogP contribution is 2.46. The van der Waals surface area contributed by atoms with Crippen molar-refractivity contribution in [2.24, 2.45) is 47.3 Å². The van der Waals surface area contributed by atoms with Crippen LogP contribution in [-0.2, 0) is 28.7 Å². The third-order valence-corrected chi connectivity index (χ3v) is 10.8. The highest BCUT2D eigenvalue weighted by molar-refractivity contribution is 5.77. The summed E-state index contributed by atoms with van der Waals surface area (Å²) in [4.78, 5) is 46.1. The van der Waals surface area contributed by atoms with Crippen molar-refractivity contribution in [3.05, 3.63) is 0 Å². The summed E-state index contributed by atoms with van der Waals surface area (Å²) in [6.45, 7) is 22.1. The summed E-state index contributed by atoms with van der Waals surface area (Å²) in [6, 6.07) is 0. The fourth-order valence-corrected chi connectivity index (χ4v) is 8.72. The minimum absolute atomic E-state index is 0.0311. The fraction of sp³-hybridized carbons (Fsp3) is 0.902. The number of carboxylic acid groups (broad SMARTS) is 2. The molecule has 0 aliphatic heterocycles. The van der Waals surface area contributed by atoms with Crippen LogP contribution in [-0.4, -0.2) is 45.3 Å². The third kappa shape index (κ3) is 17.6. The van der Waals surface area contributed by atoms with E-state index in [9.17, 15) is 19.2 Å². The zero-order valence-corrected chi connectivity index (χ0v) is 33.0. The van der Waals surface area contributed by atoms with Crippen LogP contribution < -0.4 is 0 Å². The van der Waals surface area contributed by atoms with Crippen LogP contribution in [0.15, 0.2) is 0 Å². The van der Waals surface area contributed by atoms with E-state index in [1.807, 2.05) is 0 Å². The number of esters is 2. The van der Waals surface area contributed by atoms with Gasteiger partial charge in [0.1, 0.15) is 11.2 Å². The Hall–Kier alpha value is -2.12. The molecule has 0 aromatic carbocycles. The molecule has 8 nitrogen and oxygen atoms in total. The van der Waals surface area contributed by atoms with Crippen molar-refractivity contribution >= 4 is 23.9 Å². The monoisotopic (exact) mass is 695 g/mol. The Morgan fingerprint density at radius 2 is 0.939 bits per heavy atom. The predicted molar refractivity (Wildman–Crippen MR) is 196 cm³/mol. The third-order valence-electron chi connectivity index (χ3n) is 10.8. The maximum atomic E-state index is 12.3. The summed E-state index contributed by atoms with van der Waals surface area (Å²) in [7, 11) is 0. The van der Waals surface area contributed by atoms with Gasteiger partial charge >= 0.3 is 23.9 Å². The van der Waals surface area contributed by atoms with Crippen molar-refractivity contribution in [3.63, 3.8) is 0 Å². The minimum atomic E-state index is -0.949. The second-order valence-electron chi connectivity index (χ2n) is 17.5. The Morgan fingerprint density at radius 3 is 1.31 bits per heavy atom. The highest BCUT2D eigenvalue weighted by atomic mass is 16.6. The molecule has 0 bridgehead atoms. The van der Waals surface area contributed by atoms with E-state index in [0.29, 0.717) is 47.3 Å². The van der Waals surface area contributed by atoms with Crippen LogP contribution in [0.25, 0.3) is 0 Å². The molecule has 0 aromatic rings. The van der Waals surface area contributed by atoms with Gasteiger partial charge in [0.25, 0.3) is 0 Å². The fourth-order valence-electron chi connectivity index (χ4n) is 8.72. The standard InChI is InChI=1S/C21H38O4.C20H36O4/c1-15(2)12-17(13-16(3)4)14-21(5,18-8-6-7-9-18)25-20(24)11-10-19(22)23;1-14(2)12-17(13-15(3)4)20(5,16-8-6-7-9-16)24-19(23)11-10-18(21)22/h15-18H,6-14H2,1-5H3,(H,22,23);14-17H,6-13H2,1-5H3,(H,21,22). The molecule has 0 spiro atoms. The Balaban J connectivity index is 0.000000490. The van der Waals surface area contributed by atoms with Gasteiger partial charge < -0.3 is 19.7 Å². The molecule has 2 N–H and O–H groups in total. The highest BCUT2D eigenvalue weighted by Gasteiger charge is 2.46. The van der Waals surface area contributed by atoms with Crippen molar-refractivity contribution in [1.29, 1.82) is 0 Å². The Labute approximate surface area is 299 Å². The summed E-state index contributed by atoms with van der Waals surface area (Å²) >= 11 is 0. The van der Waals surface area contributed by atoms with Gasteiger partial charge in [0.2, 0.25) is 0 Å². The van der Waals surface area contributed by atoms with Gasteiger partial charge in [-0.1, -0.05) is 81.1 Å². The topological polar surface area (TPSA) is 127 Å².